The highest BCUT2D eigenvalue weighted by atomic mass is 32.1. The number of piperazine rings is 1. The van der Waals surface area contributed by atoms with Gasteiger partial charge in [-0.1, -0.05) is 6.07 Å². The minimum absolute atomic E-state index is 0.0152. The summed E-state index contributed by atoms with van der Waals surface area (Å²) < 4.78 is 0. The Labute approximate surface area is 112 Å². The Hall–Kier alpha value is -1.17. The number of hydrogen-bond acceptors (Lipinski definition) is 4. The number of carbonyl (C=O) groups excluding carboxylic acids is 1. The number of carbonyl (C=O) groups is 1. The molecule has 2 heterocycles. The van der Waals surface area contributed by atoms with Gasteiger partial charge in [0.25, 0.3) is 0 Å². The lowest BCUT2D eigenvalue weighted by molar-refractivity contribution is -0.116. The zero-order valence-electron chi connectivity index (χ0n) is 10.4. The van der Waals surface area contributed by atoms with Gasteiger partial charge in [-0.15, -0.1) is 11.3 Å². The molecule has 1 aromatic rings. The van der Waals surface area contributed by atoms with E-state index in [1.165, 1.54) is 0 Å². The topological polar surface area (TPSA) is 44.4 Å². The van der Waals surface area contributed by atoms with E-state index in [1.54, 1.807) is 17.4 Å². The van der Waals surface area contributed by atoms with E-state index in [1.807, 2.05) is 23.6 Å². The van der Waals surface area contributed by atoms with Crippen LogP contribution in [0.15, 0.2) is 23.6 Å². The largest absolute Gasteiger partial charge is 0.351 e. The van der Waals surface area contributed by atoms with Crippen LogP contribution in [-0.4, -0.2) is 50.1 Å². The second kappa shape index (κ2) is 7.31. The fraction of sp³-hybridized carbons (Fsp3) is 0.462. The predicted octanol–water partition coefficient (Wildman–Crippen LogP) is 0.783. The van der Waals surface area contributed by atoms with Gasteiger partial charge in [0.05, 0.1) is 0 Å². The third kappa shape index (κ3) is 4.60. The van der Waals surface area contributed by atoms with Crippen molar-refractivity contribution in [1.82, 2.24) is 15.5 Å². The molecular formula is C13H19N3OS. The van der Waals surface area contributed by atoms with Gasteiger partial charge in [0, 0.05) is 50.2 Å². The highest BCUT2D eigenvalue weighted by Crippen LogP contribution is 2.09. The van der Waals surface area contributed by atoms with Gasteiger partial charge in [-0.05, 0) is 17.5 Å². The van der Waals surface area contributed by atoms with Crippen molar-refractivity contribution in [3.05, 3.63) is 28.5 Å². The predicted molar refractivity (Wildman–Crippen MR) is 75.7 cm³/mol. The van der Waals surface area contributed by atoms with Crippen LogP contribution in [0.25, 0.3) is 6.08 Å². The standard InChI is InChI=1S/C13H19N3OS/c17-13(4-3-12-2-1-11-18-12)15-7-10-16-8-5-14-6-9-16/h1-4,11,14H,5-10H2,(H,15,17)/b4-3+. The van der Waals surface area contributed by atoms with Crippen molar-refractivity contribution in [2.45, 2.75) is 0 Å². The zero-order chi connectivity index (χ0) is 12.6. The van der Waals surface area contributed by atoms with E-state index in [2.05, 4.69) is 15.5 Å². The minimum Gasteiger partial charge on any atom is -0.351 e. The van der Waals surface area contributed by atoms with Crippen LogP contribution in [0.1, 0.15) is 4.88 Å². The molecular weight excluding hydrogens is 246 g/mol. The van der Waals surface area contributed by atoms with E-state index in [4.69, 9.17) is 0 Å². The lowest BCUT2D eigenvalue weighted by atomic mass is 10.3. The molecule has 0 spiro atoms. The molecule has 0 unspecified atom stereocenters. The van der Waals surface area contributed by atoms with Crippen LogP contribution in [0.2, 0.25) is 0 Å². The van der Waals surface area contributed by atoms with Gasteiger partial charge >= 0.3 is 0 Å². The Kier molecular flexibility index (Phi) is 5.38. The van der Waals surface area contributed by atoms with Gasteiger partial charge in [0.2, 0.25) is 5.91 Å². The van der Waals surface area contributed by atoms with Crippen LogP contribution in [-0.2, 0) is 4.79 Å². The molecule has 2 rings (SSSR count). The Morgan fingerprint density at radius 1 is 1.50 bits per heavy atom. The molecule has 2 N–H and O–H groups in total. The molecule has 1 aliphatic rings. The summed E-state index contributed by atoms with van der Waals surface area (Å²) in [5, 5.41) is 8.22. The summed E-state index contributed by atoms with van der Waals surface area (Å²) in [6.45, 7) is 5.88. The van der Waals surface area contributed by atoms with Crippen LogP contribution < -0.4 is 10.6 Å². The smallest absolute Gasteiger partial charge is 0.244 e. The van der Waals surface area contributed by atoms with Gasteiger partial charge in [-0.2, -0.15) is 0 Å². The van der Waals surface area contributed by atoms with E-state index in [9.17, 15) is 4.79 Å². The van der Waals surface area contributed by atoms with Crippen molar-refractivity contribution in [3.63, 3.8) is 0 Å². The summed E-state index contributed by atoms with van der Waals surface area (Å²) in [6, 6.07) is 3.97. The van der Waals surface area contributed by atoms with E-state index < -0.39 is 0 Å². The Balaban J connectivity index is 1.62. The lowest BCUT2D eigenvalue weighted by Crippen LogP contribution is -2.46. The third-order valence-electron chi connectivity index (χ3n) is 2.88. The molecule has 0 bridgehead atoms. The second-order valence-electron chi connectivity index (χ2n) is 4.23. The Morgan fingerprint density at radius 3 is 3.06 bits per heavy atom. The lowest BCUT2D eigenvalue weighted by Gasteiger charge is -2.26. The molecule has 18 heavy (non-hydrogen) atoms. The number of thiophene rings is 1. The highest BCUT2D eigenvalue weighted by Gasteiger charge is 2.08. The van der Waals surface area contributed by atoms with E-state index in [0.717, 1.165) is 37.6 Å². The van der Waals surface area contributed by atoms with Crippen molar-refractivity contribution in [2.75, 3.05) is 39.3 Å². The minimum atomic E-state index is -0.0152. The summed E-state index contributed by atoms with van der Waals surface area (Å²) in [6.07, 6.45) is 3.45. The summed E-state index contributed by atoms with van der Waals surface area (Å²) in [5.74, 6) is -0.0152. The normalized spacial score (nSPS) is 17.1. The van der Waals surface area contributed by atoms with Gasteiger partial charge in [-0.3, -0.25) is 9.69 Å². The number of nitrogens with one attached hydrogen (secondary N) is 2. The van der Waals surface area contributed by atoms with Crippen molar-refractivity contribution < 1.29 is 4.79 Å². The average molecular weight is 265 g/mol. The number of amides is 1. The highest BCUT2D eigenvalue weighted by molar-refractivity contribution is 7.10. The molecule has 0 aromatic carbocycles. The first-order chi connectivity index (χ1) is 8.84. The molecule has 0 radical (unpaired) electrons. The average Bonchev–Trinajstić information content (AvgIpc) is 2.91. The van der Waals surface area contributed by atoms with Crippen LogP contribution in [0.5, 0.6) is 0 Å². The quantitative estimate of drug-likeness (QED) is 0.774. The molecule has 5 heteroatoms. The van der Waals surface area contributed by atoms with E-state index in [-0.39, 0.29) is 5.91 Å². The fourth-order valence-electron chi connectivity index (χ4n) is 1.87. The van der Waals surface area contributed by atoms with Crippen molar-refractivity contribution in [2.24, 2.45) is 0 Å². The monoisotopic (exact) mass is 265 g/mol. The van der Waals surface area contributed by atoms with E-state index in [0.29, 0.717) is 6.54 Å². The Bertz CT molecular complexity index is 383. The second-order valence-corrected chi connectivity index (χ2v) is 5.21. The first-order valence-corrected chi connectivity index (χ1v) is 7.15. The molecule has 1 fully saturated rings. The maximum absolute atomic E-state index is 11.6. The molecule has 1 aromatic heterocycles. The fourth-order valence-corrected chi connectivity index (χ4v) is 2.49. The van der Waals surface area contributed by atoms with Crippen LogP contribution in [0.4, 0.5) is 0 Å². The van der Waals surface area contributed by atoms with E-state index >= 15 is 0 Å². The first-order valence-electron chi connectivity index (χ1n) is 6.27. The number of hydrogen-bond donors (Lipinski definition) is 2. The molecule has 0 atom stereocenters. The van der Waals surface area contributed by atoms with Crippen LogP contribution in [0.3, 0.4) is 0 Å². The summed E-state index contributed by atoms with van der Waals surface area (Å²) in [4.78, 5) is 15.0. The molecule has 0 aliphatic carbocycles. The van der Waals surface area contributed by atoms with Gasteiger partial charge < -0.3 is 10.6 Å². The zero-order valence-corrected chi connectivity index (χ0v) is 11.2. The third-order valence-corrected chi connectivity index (χ3v) is 3.72. The van der Waals surface area contributed by atoms with Gasteiger partial charge in [0.15, 0.2) is 0 Å². The molecule has 0 saturated carbocycles. The maximum Gasteiger partial charge on any atom is 0.244 e. The van der Waals surface area contributed by atoms with Crippen molar-refractivity contribution >= 4 is 23.3 Å². The summed E-state index contributed by atoms with van der Waals surface area (Å²) in [7, 11) is 0. The summed E-state index contributed by atoms with van der Waals surface area (Å²) >= 11 is 1.63. The number of rotatable bonds is 5. The molecule has 1 saturated heterocycles. The molecule has 1 amide bonds. The SMILES string of the molecule is O=C(/C=C/c1cccs1)NCCN1CCNCC1. The van der Waals surface area contributed by atoms with Crippen molar-refractivity contribution in [1.29, 1.82) is 0 Å². The maximum atomic E-state index is 11.6. The van der Waals surface area contributed by atoms with Gasteiger partial charge in [-0.25, -0.2) is 0 Å². The van der Waals surface area contributed by atoms with Gasteiger partial charge in [0.1, 0.15) is 0 Å². The molecule has 98 valence electrons. The molecule has 1 aliphatic heterocycles. The first kappa shape index (κ1) is 13.3. The van der Waals surface area contributed by atoms with Crippen LogP contribution >= 0.6 is 11.3 Å². The number of nitrogens with zero attached hydrogens (tertiary/aromatic N) is 1. The molecule has 4 nitrogen and oxygen atoms in total. The Morgan fingerprint density at radius 2 is 2.33 bits per heavy atom. The summed E-state index contributed by atoms with van der Waals surface area (Å²) in [5.41, 5.74) is 0. The van der Waals surface area contributed by atoms with Crippen LogP contribution in [0, 0.1) is 0 Å². The van der Waals surface area contributed by atoms with Crippen molar-refractivity contribution in [3.8, 4) is 0 Å².